The second-order valence-electron chi connectivity index (χ2n) is 4.97. The molecular weight excluding hydrogens is 218 g/mol. The van der Waals surface area contributed by atoms with Gasteiger partial charge in [-0.2, -0.15) is 4.98 Å². The predicted molar refractivity (Wildman–Crippen MR) is 63.2 cm³/mol. The van der Waals surface area contributed by atoms with Crippen molar-refractivity contribution in [3.8, 4) is 0 Å². The molecule has 0 saturated heterocycles. The number of rotatable bonds is 6. The van der Waals surface area contributed by atoms with E-state index in [4.69, 9.17) is 15.0 Å². The van der Waals surface area contributed by atoms with Gasteiger partial charge in [-0.3, -0.25) is 0 Å². The zero-order chi connectivity index (χ0) is 12.4. The molecule has 0 radical (unpaired) electrons. The highest BCUT2D eigenvalue weighted by molar-refractivity contribution is 5.00. The Balaban J connectivity index is 2.09. The fourth-order valence-corrected chi connectivity index (χ4v) is 1.90. The standard InChI is InChI=1S/C12H21N3O2/c1-4-16-10(7(2)3)11-14-12(17-15-11)9(13)8-5-6-8/h7-10H,4-6,13H2,1-3H3. The summed E-state index contributed by atoms with van der Waals surface area (Å²) >= 11 is 0. The Hall–Kier alpha value is -0.940. The SMILES string of the molecule is CCOC(c1noc(C(N)C2CC2)n1)C(C)C. The Morgan fingerprint density at radius 3 is 2.71 bits per heavy atom. The van der Waals surface area contributed by atoms with Gasteiger partial charge in [-0.25, -0.2) is 0 Å². The topological polar surface area (TPSA) is 74.2 Å². The van der Waals surface area contributed by atoms with Crippen molar-refractivity contribution in [3.05, 3.63) is 11.7 Å². The van der Waals surface area contributed by atoms with Gasteiger partial charge in [-0.15, -0.1) is 0 Å². The summed E-state index contributed by atoms with van der Waals surface area (Å²) in [7, 11) is 0. The maximum atomic E-state index is 6.03. The van der Waals surface area contributed by atoms with Crippen molar-refractivity contribution in [1.29, 1.82) is 0 Å². The lowest BCUT2D eigenvalue weighted by atomic mass is 10.1. The van der Waals surface area contributed by atoms with Crippen LogP contribution in [0.4, 0.5) is 0 Å². The van der Waals surface area contributed by atoms with Crippen LogP contribution in [-0.2, 0) is 4.74 Å². The van der Waals surface area contributed by atoms with Crippen molar-refractivity contribution in [2.75, 3.05) is 6.61 Å². The van der Waals surface area contributed by atoms with E-state index in [1.54, 1.807) is 0 Å². The molecule has 0 bridgehead atoms. The van der Waals surface area contributed by atoms with E-state index in [0.717, 1.165) is 12.8 Å². The molecule has 1 aliphatic rings. The quantitative estimate of drug-likeness (QED) is 0.823. The summed E-state index contributed by atoms with van der Waals surface area (Å²) in [6.45, 7) is 6.77. The normalized spacial score (nSPS) is 19.6. The third-order valence-corrected chi connectivity index (χ3v) is 3.08. The van der Waals surface area contributed by atoms with Crippen LogP contribution in [0.3, 0.4) is 0 Å². The number of hydrogen-bond acceptors (Lipinski definition) is 5. The van der Waals surface area contributed by atoms with Gasteiger partial charge in [0, 0.05) is 6.61 Å². The van der Waals surface area contributed by atoms with E-state index in [9.17, 15) is 0 Å². The molecule has 1 fully saturated rings. The van der Waals surface area contributed by atoms with Gasteiger partial charge >= 0.3 is 0 Å². The van der Waals surface area contributed by atoms with Crippen LogP contribution in [0.5, 0.6) is 0 Å². The highest BCUT2D eigenvalue weighted by Gasteiger charge is 2.34. The van der Waals surface area contributed by atoms with E-state index in [2.05, 4.69) is 24.0 Å². The minimum Gasteiger partial charge on any atom is -0.370 e. The van der Waals surface area contributed by atoms with Crippen molar-refractivity contribution < 1.29 is 9.26 Å². The Bertz CT molecular complexity index is 360. The molecule has 0 aromatic carbocycles. The first-order chi connectivity index (χ1) is 8.13. The van der Waals surface area contributed by atoms with Gasteiger partial charge in [-0.1, -0.05) is 19.0 Å². The molecule has 96 valence electrons. The highest BCUT2D eigenvalue weighted by Crippen LogP contribution is 2.39. The van der Waals surface area contributed by atoms with E-state index in [1.807, 2.05) is 6.92 Å². The zero-order valence-corrected chi connectivity index (χ0v) is 10.7. The number of aromatic nitrogens is 2. The van der Waals surface area contributed by atoms with E-state index in [-0.39, 0.29) is 12.1 Å². The lowest BCUT2D eigenvalue weighted by Gasteiger charge is -2.16. The van der Waals surface area contributed by atoms with Gasteiger partial charge in [0.1, 0.15) is 6.10 Å². The highest BCUT2D eigenvalue weighted by atomic mass is 16.5. The minimum absolute atomic E-state index is 0.106. The third-order valence-electron chi connectivity index (χ3n) is 3.08. The van der Waals surface area contributed by atoms with Gasteiger partial charge in [-0.05, 0) is 31.6 Å². The maximum absolute atomic E-state index is 6.03. The molecule has 1 aromatic rings. The van der Waals surface area contributed by atoms with E-state index in [0.29, 0.717) is 30.2 Å². The van der Waals surface area contributed by atoms with Crippen LogP contribution in [0.25, 0.3) is 0 Å². The molecule has 1 saturated carbocycles. The molecule has 0 spiro atoms. The van der Waals surface area contributed by atoms with Crippen LogP contribution in [0.2, 0.25) is 0 Å². The van der Waals surface area contributed by atoms with Gasteiger partial charge < -0.3 is 15.0 Å². The van der Waals surface area contributed by atoms with Crippen molar-refractivity contribution in [2.24, 2.45) is 17.6 Å². The van der Waals surface area contributed by atoms with Crippen LogP contribution < -0.4 is 5.73 Å². The van der Waals surface area contributed by atoms with E-state index >= 15 is 0 Å². The second-order valence-corrected chi connectivity index (χ2v) is 4.97. The fraction of sp³-hybridized carbons (Fsp3) is 0.833. The number of nitrogens with zero attached hydrogens (tertiary/aromatic N) is 2. The van der Waals surface area contributed by atoms with Crippen molar-refractivity contribution in [1.82, 2.24) is 10.1 Å². The molecule has 0 amide bonds. The molecule has 1 heterocycles. The van der Waals surface area contributed by atoms with Crippen LogP contribution in [0.15, 0.2) is 4.52 Å². The molecule has 2 rings (SSSR count). The van der Waals surface area contributed by atoms with Crippen LogP contribution >= 0.6 is 0 Å². The summed E-state index contributed by atoms with van der Waals surface area (Å²) in [5, 5.41) is 4.00. The lowest BCUT2D eigenvalue weighted by molar-refractivity contribution is 0.0217. The molecule has 2 unspecified atom stereocenters. The molecule has 17 heavy (non-hydrogen) atoms. The Kier molecular flexibility index (Phi) is 3.79. The van der Waals surface area contributed by atoms with Gasteiger partial charge in [0.05, 0.1) is 6.04 Å². The van der Waals surface area contributed by atoms with E-state index in [1.165, 1.54) is 0 Å². The third kappa shape index (κ3) is 2.84. The Morgan fingerprint density at radius 1 is 1.47 bits per heavy atom. The lowest BCUT2D eigenvalue weighted by Crippen LogP contribution is -2.15. The van der Waals surface area contributed by atoms with E-state index < -0.39 is 0 Å². The number of ether oxygens (including phenoxy) is 1. The largest absolute Gasteiger partial charge is 0.370 e. The zero-order valence-electron chi connectivity index (χ0n) is 10.7. The van der Waals surface area contributed by atoms with Crippen molar-refractivity contribution >= 4 is 0 Å². The average molecular weight is 239 g/mol. The van der Waals surface area contributed by atoms with Gasteiger partial charge in [0.25, 0.3) is 0 Å². The Morgan fingerprint density at radius 2 is 2.18 bits per heavy atom. The Labute approximate surface area is 102 Å². The van der Waals surface area contributed by atoms with Crippen LogP contribution in [0.1, 0.15) is 57.5 Å². The van der Waals surface area contributed by atoms with Crippen LogP contribution in [0, 0.1) is 11.8 Å². The predicted octanol–water partition coefficient (Wildman–Crippen LogP) is 2.21. The van der Waals surface area contributed by atoms with Crippen molar-refractivity contribution in [3.63, 3.8) is 0 Å². The first-order valence-corrected chi connectivity index (χ1v) is 6.34. The van der Waals surface area contributed by atoms with Gasteiger partial charge in [0.2, 0.25) is 11.7 Å². The van der Waals surface area contributed by atoms with Crippen LogP contribution in [-0.4, -0.2) is 16.7 Å². The summed E-state index contributed by atoms with van der Waals surface area (Å²) in [4.78, 5) is 4.38. The molecule has 1 aliphatic carbocycles. The fourth-order valence-electron chi connectivity index (χ4n) is 1.90. The summed E-state index contributed by atoms with van der Waals surface area (Å²) in [6, 6.07) is -0.106. The molecule has 1 aromatic heterocycles. The molecule has 5 heteroatoms. The monoisotopic (exact) mass is 239 g/mol. The molecule has 0 aliphatic heterocycles. The summed E-state index contributed by atoms with van der Waals surface area (Å²) in [5.41, 5.74) is 6.03. The smallest absolute Gasteiger partial charge is 0.243 e. The number of nitrogens with two attached hydrogens (primary N) is 1. The summed E-state index contributed by atoms with van der Waals surface area (Å²) in [6.07, 6.45) is 2.22. The average Bonchev–Trinajstić information content (AvgIpc) is 3.03. The molecule has 2 atom stereocenters. The first kappa shape index (κ1) is 12.5. The van der Waals surface area contributed by atoms with Crippen molar-refractivity contribution in [2.45, 2.75) is 45.8 Å². The molecular formula is C12H21N3O2. The number of hydrogen-bond donors (Lipinski definition) is 1. The summed E-state index contributed by atoms with van der Waals surface area (Å²) in [5.74, 6) is 2.01. The second kappa shape index (κ2) is 5.14. The van der Waals surface area contributed by atoms with Gasteiger partial charge in [0.15, 0.2) is 0 Å². The summed E-state index contributed by atoms with van der Waals surface area (Å²) < 4.78 is 10.9. The molecule has 2 N–H and O–H groups in total. The maximum Gasteiger partial charge on any atom is 0.243 e. The first-order valence-electron chi connectivity index (χ1n) is 6.34. The molecule has 5 nitrogen and oxygen atoms in total. The minimum atomic E-state index is -0.107.